The first-order valence-corrected chi connectivity index (χ1v) is 22.6. The number of hydrogen-bond acceptors (Lipinski definition) is 29. The topological polar surface area (TPSA) is 471 Å². The Labute approximate surface area is 394 Å². The summed E-state index contributed by atoms with van der Waals surface area (Å²) in [6, 6.07) is -1.72. The highest BCUT2D eigenvalue weighted by Gasteiger charge is 2.58. The maximum atomic E-state index is 11.6. The second kappa shape index (κ2) is 23.6. The van der Waals surface area contributed by atoms with Crippen molar-refractivity contribution in [2.24, 2.45) is 11.1 Å². The fourth-order valence-electron chi connectivity index (χ4n) is 9.22. The Kier molecular flexibility index (Phi) is 19.5. The van der Waals surface area contributed by atoms with Gasteiger partial charge in [0.1, 0.15) is 134 Å². The van der Waals surface area contributed by atoms with Gasteiger partial charge in [0.25, 0.3) is 0 Å². The highest BCUT2D eigenvalue weighted by atomic mass is 16.8. The summed E-state index contributed by atoms with van der Waals surface area (Å²) >= 11 is 0. The predicted molar refractivity (Wildman–Crippen MR) is 217 cm³/mol. The van der Waals surface area contributed by atoms with Crippen LogP contribution in [0.3, 0.4) is 0 Å². The summed E-state index contributed by atoms with van der Waals surface area (Å²) in [6.07, 6.45) is -50.6. The smallest absolute Gasteiger partial charge is 0.187 e. The number of hydrogen-bond donors (Lipinski definition) is 18. The van der Waals surface area contributed by atoms with Crippen molar-refractivity contribution < 1.29 is 139 Å². The van der Waals surface area contributed by atoms with Crippen molar-refractivity contribution in [3.63, 3.8) is 0 Å². The summed E-state index contributed by atoms with van der Waals surface area (Å²) in [5.74, 6) is 0. The molecular formula is C40H71NO28. The van der Waals surface area contributed by atoms with Crippen LogP contribution in [0.2, 0.25) is 0 Å². The largest absolute Gasteiger partial charge is 0.394 e. The fraction of sp³-hybridized carbons (Fsp3) is 1.00. The second-order valence-corrected chi connectivity index (χ2v) is 19.2. The Bertz CT molecular complexity index is 1590. The molecule has 6 aliphatic rings. The molecule has 6 heterocycles. The van der Waals surface area contributed by atoms with Crippen molar-refractivity contribution in [3.8, 4) is 0 Å². The van der Waals surface area contributed by atoms with Crippen molar-refractivity contribution in [2.45, 2.75) is 212 Å². The third-order valence-corrected chi connectivity index (χ3v) is 13.3. The number of aliphatic hydroxyl groups excluding tert-OH is 17. The lowest BCUT2D eigenvalue weighted by Gasteiger charge is -2.50. The van der Waals surface area contributed by atoms with Crippen molar-refractivity contribution >= 4 is 0 Å². The minimum atomic E-state index is -2.13. The summed E-state index contributed by atoms with van der Waals surface area (Å²) in [5, 5.41) is 182. The van der Waals surface area contributed by atoms with Gasteiger partial charge in [0.05, 0.1) is 51.3 Å². The van der Waals surface area contributed by atoms with Crippen LogP contribution >= 0.6 is 0 Å². The van der Waals surface area contributed by atoms with E-state index >= 15 is 0 Å². The fourth-order valence-corrected chi connectivity index (χ4v) is 9.22. The van der Waals surface area contributed by atoms with E-state index in [-0.39, 0.29) is 0 Å². The molecule has 29 nitrogen and oxygen atoms in total. The molecule has 0 aliphatic carbocycles. The van der Waals surface area contributed by atoms with Crippen molar-refractivity contribution in [1.82, 2.24) is 0 Å². The zero-order valence-electron chi connectivity index (χ0n) is 38.0. The summed E-state index contributed by atoms with van der Waals surface area (Å²) in [4.78, 5) is 0. The number of rotatable bonds is 15. The third-order valence-electron chi connectivity index (χ3n) is 13.3. The molecule has 0 aromatic rings. The van der Waals surface area contributed by atoms with Crippen molar-refractivity contribution in [3.05, 3.63) is 0 Å². The Morgan fingerprint density at radius 1 is 0.348 bits per heavy atom. The van der Waals surface area contributed by atoms with Crippen LogP contribution in [0.5, 0.6) is 0 Å². The summed E-state index contributed by atoms with van der Waals surface area (Å²) in [5.41, 5.74) is 5.80. The first-order chi connectivity index (χ1) is 32.4. The molecule has 6 rings (SSSR count). The van der Waals surface area contributed by atoms with Gasteiger partial charge in [0.15, 0.2) is 31.5 Å². The number of aliphatic hydroxyl groups is 17. The average Bonchev–Trinajstić information content (AvgIpc) is 3.31. The monoisotopic (exact) mass is 1010 g/mol. The van der Waals surface area contributed by atoms with E-state index < -0.39 is 222 Å². The first-order valence-electron chi connectivity index (χ1n) is 22.6. The quantitative estimate of drug-likeness (QED) is 0.0724. The van der Waals surface area contributed by atoms with Crippen LogP contribution in [0.15, 0.2) is 0 Å². The van der Waals surface area contributed by atoms with E-state index in [9.17, 15) is 86.8 Å². The van der Waals surface area contributed by atoms with Crippen LogP contribution in [0.25, 0.3) is 0 Å². The second-order valence-electron chi connectivity index (χ2n) is 19.2. The molecule has 14 unspecified atom stereocenters. The van der Waals surface area contributed by atoms with E-state index in [1.54, 1.807) is 20.8 Å². The summed E-state index contributed by atoms with van der Waals surface area (Å²) in [7, 11) is 0. The van der Waals surface area contributed by atoms with Gasteiger partial charge in [-0.1, -0.05) is 20.8 Å². The van der Waals surface area contributed by atoms with Gasteiger partial charge in [-0.25, -0.2) is 0 Å². The molecule has 6 fully saturated rings. The van der Waals surface area contributed by atoms with Crippen molar-refractivity contribution in [1.29, 1.82) is 0 Å². The Morgan fingerprint density at radius 3 is 1.28 bits per heavy atom. The van der Waals surface area contributed by atoms with Gasteiger partial charge >= 0.3 is 0 Å². The van der Waals surface area contributed by atoms with E-state index in [1.165, 1.54) is 6.92 Å². The summed E-state index contributed by atoms with van der Waals surface area (Å²) < 4.78 is 63.3. The minimum Gasteiger partial charge on any atom is -0.394 e. The Hall–Kier alpha value is -1.16. The average molecular weight is 1010 g/mol. The van der Waals surface area contributed by atoms with Gasteiger partial charge in [-0.15, -0.1) is 0 Å². The molecule has 30 atom stereocenters. The SMILES string of the molecule is CC1OC(OC2[C@H](O[C@@H]3C(N)[C@H](O[C@@H]4C(O)[C@@H](O[C@H]5C(CO)O[C@@H](O[C@@H]6C(CO)OC(C(C)(C)C)C(O)[C@H]6O)C(O)[C@H]5O)OC(CO)[C@@H]4O)OC(CO)[C@@H]3O)OC(CO)[C@H](O)[C@@H]2O)[C@@H](O)C(O)[C@@H]1O. The van der Waals surface area contributed by atoms with Crippen LogP contribution < -0.4 is 5.73 Å². The first kappa shape index (κ1) is 57.1. The number of ether oxygens (including phenoxy) is 11. The van der Waals surface area contributed by atoms with Gasteiger partial charge in [0.2, 0.25) is 0 Å². The highest BCUT2D eigenvalue weighted by Crippen LogP contribution is 2.38. The van der Waals surface area contributed by atoms with Crippen LogP contribution in [-0.2, 0) is 52.1 Å². The normalized spacial score (nSPS) is 52.4. The minimum absolute atomic E-state index is 0.705. The molecule has 6 aliphatic heterocycles. The van der Waals surface area contributed by atoms with E-state index in [4.69, 9.17) is 57.8 Å². The van der Waals surface area contributed by atoms with Crippen LogP contribution in [0.1, 0.15) is 27.7 Å². The van der Waals surface area contributed by atoms with Crippen LogP contribution in [-0.4, -0.2) is 304 Å². The van der Waals surface area contributed by atoms with Crippen LogP contribution in [0.4, 0.5) is 0 Å². The molecule has 0 amide bonds. The molecule has 0 saturated carbocycles. The lowest BCUT2D eigenvalue weighted by atomic mass is 9.80. The standard InChI is InChI=1S/C40H71NO28/c1-10-17(47)21(51)26(56)36(59-10)69-33-22(52)18(48)11(5-42)63-39(33)67-31-16(41)35(61-12(6-43)19(31)49)68-32-20(50)13(7-44)62-38(28(32)58)66-30-15(9-46)64-37(27(57)24(30)54)65-29-14(8-45)60-34(40(2,3)4)25(55)23(29)53/h10-39,42-58H,5-9,41H2,1-4H3/t10?,11?,12?,13?,14?,15?,16?,17-,18+,19+,20+,21?,22+,23-,24-,25?,26+,27?,28?,29-,30+,31-,32+,33?,34?,35+,36?,37+,38-,39+/m1/s1. The molecule has 69 heavy (non-hydrogen) atoms. The molecule has 0 aromatic heterocycles. The molecule has 29 heteroatoms. The molecular weight excluding hydrogens is 942 g/mol. The molecule has 0 aromatic carbocycles. The Morgan fingerprint density at radius 2 is 0.725 bits per heavy atom. The molecule has 0 bridgehead atoms. The predicted octanol–water partition coefficient (Wildman–Crippen LogP) is -11.0. The van der Waals surface area contributed by atoms with Gasteiger partial charge in [-0.2, -0.15) is 0 Å². The zero-order chi connectivity index (χ0) is 51.1. The molecule has 0 spiro atoms. The summed E-state index contributed by atoms with van der Waals surface area (Å²) in [6.45, 7) is 2.05. The van der Waals surface area contributed by atoms with Crippen LogP contribution in [0, 0.1) is 5.41 Å². The van der Waals surface area contributed by atoms with E-state index in [2.05, 4.69) is 0 Å². The lowest BCUT2D eigenvalue weighted by molar-refractivity contribution is -0.391. The van der Waals surface area contributed by atoms with E-state index in [0.29, 0.717) is 0 Å². The van der Waals surface area contributed by atoms with Gasteiger partial charge in [0, 0.05) is 0 Å². The van der Waals surface area contributed by atoms with Crippen molar-refractivity contribution in [2.75, 3.05) is 33.0 Å². The van der Waals surface area contributed by atoms with Gasteiger partial charge < -0.3 is 145 Å². The molecule has 0 radical (unpaired) electrons. The maximum Gasteiger partial charge on any atom is 0.187 e. The molecule has 6 saturated heterocycles. The highest BCUT2D eigenvalue weighted by molar-refractivity contribution is 5.02. The Balaban J connectivity index is 1.18. The van der Waals surface area contributed by atoms with Gasteiger partial charge in [-0.3, -0.25) is 0 Å². The zero-order valence-corrected chi connectivity index (χ0v) is 38.0. The lowest BCUT2D eigenvalue weighted by Crippen LogP contribution is -2.69. The number of nitrogens with two attached hydrogens (primary N) is 1. The maximum absolute atomic E-state index is 11.6. The van der Waals surface area contributed by atoms with E-state index in [1.807, 2.05) is 0 Å². The third kappa shape index (κ3) is 11.7. The molecule has 404 valence electrons. The molecule has 19 N–H and O–H groups in total. The van der Waals surface area contributed by atoms with Gasteiger partial charge in [-0.05, 0) is 12.3 Å². The van der Waals surface area contributed by atoms with E-state index in [0.717, 1.165) is 0 Å².